The standard InChI is InChI=1S/C21H37N5O3/c1-4-25-9-5-6-19(25)16-26(21(27)14-20-17(2)22-29-23-20)15-18-7-10-24(11-8-18)12-13-28-3/h18-19H,4-16H2,1-3H3/t19-/m0/s1. The van der Waals surface area contributed by atoms with Gasteiger partial charge in [0.25, 0.3) is 0 Å². The zero-order valence-corrected chi connectivity index (χ0v) is 18.3. The molecule has 0 aromatic carbocycles. The smallest absolute Gasteiger partial charge is 0.228 e. The Labute approximate surface area is 174 Å². The lowest BCUT2D eigenvalue weighted by atomic mass is 9.95. The van der Waals surface area contributed by atoms with Gasteiger partial charge in [-0.2, -0.15) is 0 Å². The Bertz CT molecular complexity index is 630. The van der Waals surface area contributed by atoms with Gasteiger partial charge in [-0.3, -0.25) is 9.69 Å². The van der Waals surface area contributed by atoms with Crippen molar-refractivity contribution in [3.8, 4) is 0 Å². The fourth-order valence-corrected chi connectivity index (χ4v) is 4.64. The largest absolute Gasteiger partial charge is 0.383 e. The van der Waals surface area contributed by atoms with Crippen LogP contribution in [-0.2, 0) is 16.0 Å². The van der Waals surface area contributed by atoms with E-state index in [1.807, 2.05) is 6.92 Å². The number of carbonyl (C=O) groups excluding carboxylic acids is 1. The van der Waals surface area contributed by atoms with Crippen LogP contribution in [0.2, 0.25) is 0 Å². The molecule has 1 atom stereocenters. The van der Waals surface area contributed by atoms with Gasteiger partial charge in [0, 0.05) is 32.8 Å². The molecule has 8 nitrogen and oxygen atoms in total. The third-order valence-electron chi connectivity index (χ3n) is 6.55. The fourth-order valence-electron chi connectivity index (χ4n) is 4.64. The van der Waals surface area contributed by atoms with E-state index in [0.717, 1.165) is 65.3 Å². The van der Waals surface area contributed by atoms with Gasteiger partial charge in [0.1, 0.15) is 11.4 Å². The van der Waals surface area contributed by atoms with Gasteiger partial charge in [-0.1, -0.05) is 17.2 Å². The molecule has 1 aromatic rings. The number of carbonyl (C=O) groups is 1. The van der Waals surface area contributed by atoms with Crippen LogP contribution < -0.4 is 0 Å². The molecule has 0 N–H and O–H groups in total. The number of methoxy groups -OCH3 is 1. The molecule has 3 rings (SSSR count). The minimum atomic E-state index is 0.147. The van der Waals surface area contributed by atoms with Crippen LogP contribution in [0.3, 0.4) is 0 Å². The topological polar surface area (TPSA) is 74.9 Å². The van der Waals surface area contributed by atoms with Gasteiger partial charge in [0.15, 0.2) is 0 Å². The summed E-state index contributed by atoms with van der Waals surface area (Å²) >= 11 is 0. The van der Waals surface area contributed by atoms with Crippen LogP contribution in [0, 0.1) is 12.8 Å². The molecular weight excluding hydrogens is 370 g/mol. The van der Waals surface area contributed by atoms with E-state index in [2.05, 4.69) is 31.9 Å². The predicted octanol–water partition coefficient (Wildman–Crippen LogP) is 1.59. The zero-order valence-electron chi connectivity index (χ0n) is 18.3. The maximum absolute atomic E-state index is 13.2. The first-order valence-corrected chi connectivity index (χ1v) is 11.1. The molecule has 0 saturated carbocycles. The van der Waals surface area contributed by atoms with Crippen LogP contribution in [0.25, 0.3) is 0 Å². The van der Waals surface area contributed by atoms with Crippen molar-refractivity contribution >= 4 is 5.91 Å². The number of hydrogen-bond acceptors (Lipinski definition) is 7. The van der Waals surface area contributed by atoms with Crippen LogP contribution >= 0.6 is 0 Å². The first-order chi connectivity index (χ1) is 14.1. The summed E-state index contributed by atoms with van der Waals surface area (Å²) in [6, 6.07) is 0.474. The first-order valence-electron chi connectivity index (χ1n) is 11.1. The second-order valence-corrected chi connectivity index (χ2v) is 8.47. The van der Waals surface area contributed by atoms with Gasteiger partial charge in [0.2, 0.25) is 5.91 Å². The summed E-state index contributed by atoms with van der Waals surface area (Å²) in [6.45, 7) is 11.9. The highest BCUT2D eigenvalue weighted by Crippen LogP contribution is 2.22. The third-order valence-corrected chi connectivity index (χ3v) is 6.55. The molecule has 2 aliphatic rings. The number of hydrogen-bond donors (Lipinski definition) is 0. The number of rotatable bonds is 10. The van der Waals surface area contributed by atoms with E-state index in [9.17, 15) is 4.79 Å². The molecule has 1 amide bonds. The Hall–Kier alpha value is -1.51. The molecule has 2 saturated heterocycles. The number of aryl methyl sites for hydroxylation is 1. The van der Waals surface area contributed by atoms with E-state index in [0.29, 0.717) is 23.3 Å². The number of likely N-dealkylation sites (tertiary alicyclic amines) is 2. The highest BCUT2D eigenvalue weighted by atomic mass is 16.6. The van der Waals surface area contributed by atoms with Crippen molar-refractivity contribution < 1.29 is 14.2 Å². The molecule has 0 aliphatic carbocycles. The number of aromatic nitrogens is 2. The SMILES string of the molecule is CCN1CCC[C@H]1CN(CC1CCN(CCOC)CC1)C(=O)Cc1nonc1C. The van der Waals surface area contributed by atoms with Crippen molar-refractivity contribution in [1.82, 2.24) is 25.0 Å². The van der Waals surface area contributed by atoms with E-state index >= 15 is 0 Å². The summed E-state index contributed by atoms with van der Waals surface area (Å²) in [4.78, 5) is 20.3. The van der Waals surface area contributed by atoms with Crippen molar-refractivity contribution in [2.75, 3.05) is 59.5 Å². The number of nitrogens with zero attached hydrogens (tertiary/aromatic N) is 5. The van der Waals surface area contributed by atoms with Gasteiger partial charge in [-0.15, -0.1) is 0 Å². The summed E-state index contributed by atoms with van der Waals surface area (Å²) in [6.07, 6.45) is 4.96. The summed E-state index contributed by atoms with van der Waals surface area (Å²) < 4.78 is 10.00. The van der Waals surface area contributed by atoms with Gasteiger partial charge < -0.3 is 14.5 Å². The monoisotopic (exact) mass is 407 g/mol. The number of ether oxygens (including phenoxy) is 1. The lowest BCUT2D eigenvalue weighted by Gasteiger charge is -2.36. The molecule has 29 heavy (non-hydrogen) atoms. The Morgan fingerprint density at radius 3 is 2.66 bits per heavy atom. The molecule has 0 spiro atoms. The molecular formula is C21H37N5O3. The quantitative estimate of drug-likeness (QED) is 0.583. The molecule has 0 bridgehead atoms. The Kier molecular flexibility index (Phi) is 8.44. The zero-order chi connectivity index (χ0) is 20.6. The Balaban J connectivity index is 1.59. The van der Waals surface area contributed by atoms with Crippen LogP contribution in [0.5, 0.6) is 0 Å². The molecule has 3 heterocycles. The molecule has 1 aromatic heterocycles. The van der Waals surface area contributed by atoms with Crippen LogP contribution in [0.15, 0.2) is 4.63 Å². The molecule has 2 aliphatic heterocycles. The molecule has 8 heteroatoms. The fraction of sp³-hybridized carbons (Fsp3) is 0.857. The maximum atomic E-state index is 13.2. The minimum absolute atomic E-state index is 0.147. The lowest BCUT2D eigenvalue weighted by Crippen LogP contribution is -2.47. The number of piperidine rings is 1. The summed E-state index contributed by atoms with van der Waals surface area (Å²) in [7, 11) is 1.75. The van der Waals surface area contributed by atoms with Crippen molar-refractivity contribution in [2.45, 2.75) is 52.0 Å². The third kappa shape index (κ3) is 6.23. The Morgan fingerprint density at radius 2 is 2.00 bits per heavy atom. The average Bonchev–Trinajstić information content (AvgIpc) is 3.35. The highest BCUT2D eigenvalue weighted by molar-refractivity contribution is 5.78. The maximum Gasteiger partial charge on any atom is 0.228 e. The lowest BCUT2D eigenvalue weighted by molar-refractivity contribution is -0.132. The Morgan fingerprint density at radius 1 is 1.21 bits per heavy atom. The van der Waals surface area contributed by atoms with E-state index in [1.165, 1.54) is 12.8 Å². The second-order valence-electron chi connectivity index (χ2n) is 8.47. The first kappa shape index (κ1) is 22.2. The summed E-state index contributed by atoms with van der Waals surface area (Å²) in [5.41, 5.74) is 1.37. The van der Waals surface area contributed by atoms with E-state index in [-0.39, 0.29) is 12.3 Å². The van der Waals surface area contributed by atoms with Gasteiger partial charge in [0.05, 0.1) is 13.0 Å². The summed E-state index contributed by atoms with van der Waals surface area (Å²) in [5, 5.41) is 7.75. The van der Waals surface area contributed by atoms with Crippen molar-refractivity contribution in [3.63, 3.8) is 0 Å². The van der Waals surface area contributed by atoms with Crippen molar-refractivity contribution in [1.29, 1.82) is 0 Å². The minimum Gasteiger partial charge on any atom is -0.383 e. The summed E-state index contributed by atoms with van der Waals surface area (Å²) in [5.74, 6) is 0.708. The van der Waals surface area contributed by atoms with E-state index in [1.54, 1.807) is 7.11 Å². The molecule has 2 fully saturated rings. The van der Waals surface area contributed by atoms with Crippen molar-refractivity contribution in [2.24, 2.45) is 5.92 Å². The average molecular weight is 408 g/mol. The van der Waals surface area contributed by atoms with Gasteiger partial charge in [-0.25, -0.2) is 4.63 Å². The van der Waals surface area contributed by atoms with E-state index < -0.39 is 0 Å². The normalized spacial score (nSPS) is 21.7. The van der Waals surface area contributed by atoms with Crippen LogP contribution in [0.4, 0.5) is 0 Å². The molecule has 0 unspecified atom stereocenters. The number of likely N-dealkylation sites (N-methyl/N-ethyl adjacent to an activating group) is 1. The van der Waals surface area contributed by atoms with Crippen LogP contribution in [0.1, 0.15) is 44.0 Å². The predicted molar refractivity (Wildman–Crippen MR) is 111 cm³/mol. The highest BCUT2D eigenvalue weighted by Gasteiger charge is 2.30. The molecule has 0 radical (unpaired) electrons. The van der Waals surface area contributed by atoms with Crippen LogP contribution in [-0.4, -0.2) is 96.5 Å². The van der Waals surface area contributed by atoms with Gasteiger partial charge >= 0.3 is 0 Å². The number of amides is 1. The second kappa shape index (κ2) is 11.0. The van der Waals surface area contributed by atoms with Gasteiger partial charge in [-0.05, 0) is 64.7 Å². The van der Waals surface area contributed by atoms with Crippen molar-refractivity contribution in [3.05, 3.63) is 11.4 Å². The van der Waals surface area contributed by atoms with E-state index in [4.69, 9.17) is 9.37 Å². The molecule has 164 valence electrons.